The summed E-state index contributed by atoms with van der Waals surface area (Å²) in [6.45, 7) is 2.61. The Morgan fingerprint density at radius 1 is 1.39 bits per heavy atom. The summed E-state index contributed by atoms with van der Waals surface area (Å²) in [5.74, 6) is 0.764. The van der Waals surface area contributed by atoms with Crippen LogP contribution in [0.4, 0.5) is 0 Å². The summed E-state index contributed by atoms with van der Waals surface area (Å²) in [6.07, 6.45) is 3.66. The fourth-order valence-corrected chi connectivity index (χ4v) is 4.26. The summed E-state index contributed by atoms with van der Waals surface area (Å²) >= 11 is 7.70. The Kier molecular flexibility index (Phi) is 3.58. The number of likely N-dealkylation sites (tertiary alicyclic amines) is 1. The first-order valence-corrected chi connectivity index (χ1v) is 8.71. The number of hydrogen-bond acceptors (Lipinski definition) is 4. The summed E-state index contributed by atoms with van der Waals surface area (Å²) in [6, 6.07) is 7.77. The molecule has 118 valence electrons. The van der Waals surface area contributed by atoms with E-state index in [2.05, 4.69) is 10.1 Å². The van der Waals surface area contributed by atoms with Crippen LogP contribution in [0.3, 0.4) is 0 Å². The van der Waals surface area contributed by atoms with Crippen molar-refractivity contribution in [2.24, 2.45) is 0 Å². The van der Waals surface area contributed by atoms with Crippen LogP contribution in [-0.2, 0) is 0 Å². The summed E-state index contributed by atoms with van der Waals surface area (Å²) in [5, 5.41) is 5.63. The molecule has 4 rings (SSSR count). The monoisotopic (exact) mass is 346 g/mol. The van der Waals surface area contributed by atoms with Gasteiger partial charge in [-0.1, -0.05) is 41.1 Å². The minimum atomic E-state index is -0.0273. The first-order chi connectivity index (χ1) is 11.1. The quantitative estimate of drug-likeness (QED) is 0.710. The van der Waals surface area contributed by atoms with Gasteiger partial charge in [-0.05, 0) is 31.4 Å². The van der Waals surface area contributed by atoms with Crippen molar-refractivity contribution in [2.45, 2.75) is 25.8 Å². The van der Waals surface area contributed by atoms with Gasteiger partial charge in [0, 0.05) is 11.6 Å². The highest BCUT2D eigenvalue weighted by Gasteiger charge is 2.33. The molecule has 0 N–H and O–H groups in total. The molecule has 0 radical (unpaired) electrons. The van der Waals surface area contributed by atoms with Crippen LogP contribution in [0.2, 0.25) is 5.02 Å². The molecule has 3 aromatic rings. The third-order valence-corrected chi connectivity index (χ3v) is 5.51. The minimum absolute atomic E-state index is 0.0266. The molecule has 1 unspecified atom stereocenters. The van der Waals surface area contributed by atoms with Crippen LogP contribution in [-0.4, -0.2) is 31.9 Å². The van der Waals surface area contributed by atoms with Gasteiger partial charge < -0.3 is 4.90 Å². The molecule has 1 aliphatic heterocycles. The molecule has 7 heteroatoms. The van der Waals surface area contributed by atoms with Crippen LogP contribution in [0.5, 0.6) is 0 Å². The van der Waals surface area contributed by atoms with E-state index in [4.69, 9.17) is 11.6 Å². The number of nitrogens with zero attached hydrogens (tertiary/aromatic N) is 4. The molecule has 1 fully saturated rings. The maximum atomic E-state index is 12.9. The fraction of sp³-hybridized carbons (Fsp3) is 0.312. The number of carbonyl (C=O) groups is 1. The maximum absolute atomic E-state index is 12.9. The third kappa shape index (κ3) is 2.42. The summed E-state index contributed by atoms with van der Waals surface area (Å²) in [7, 11) is 0. The molecule has 3 heterocycles. The highest BCUT2D eigenvalue weighted by atomic mass is 35.5. The molecule has 1 amide bonds. The van der Waals surface area contributed by atoms with E-state index in [0.29, 0.717) is 10.0 Å². The van der Waals surface area contributed by atoms with E-state index >= 15 is 0 Å². The molecule has 23 heavy (non-hydrogen) atoms. The van der Waals surface area contributed by atoms with Gasteiger partial charge in [0.15, 0.2) is 0 Å². The molecule has 0 aliphatic carbocycles. The van der Waals surface area contributed by atoms with Crippen molar-refractivity contribution in [3.8, 4) is 0 Å². The first kappa shape index (κ1) is 14.7. The van der Waals surface area contributed by atoms with Crippen LogP contribution in [0.15, 0.2) is 30.5 Å². The number of aromatic nitrogens is 3. The Morgan fingerprint density at radius 3 is 3.00 bits per heavy atom. The smallest absolute Gasteiger partial charge is 0.285 e. The number of carbonyl (C=O) groups excluding carboxylic acids is 1. The van der Waals surface area contributed by atoms with Crippen molar-refractivity contribution >= 4 is 33.7 Å². The maximum Gasteiger partial charge on any atom is 0.285 e. The molecule has 2 aromatic heterocycles. The van der Waals surface area contributed by atoms with Gasteiger partial charge in [-0.15, -0.1) is 5.10 Å². The van der Waals surface area contributed by atoms with Crippen molar-refractivity contribution < 1.29 is 4.79 Å². The Hall–Kier alpha value is -1.92. The van der Waals surface area contributed by atoms with Crippen molar-refractivity contribution in [2.75, 3.05) is 6.54 Å². The molecule has 0 saturated carbocycles. The molecule has 1 atom stereocenters. The van der Waals surface area contributed by atoms with Gasteiger partial charge in [0.05, 0.1) is 12.2 Å². The second-order valence-electron chi connectivity index (χ2n) is 5.64. The number of aryl methyl sites for hydroxylation is 1. The van der Waals surface area contributed by atoms with Crippen molar-refractivity contribution in [3.05, 3.63) is 51.9 Å². The van der Waals surface area contributed by atoms with Crippen LogP contribution in [0.1, 0.15) is 40.1 Å². The van der Waals surface area contributed by atoms with Crippen LogP contribution >= 0.6 is 22.9 Å². The standard InChI is InChI=1S/C16H15ClN4OS/c1-10-18-9-14-21(10)19-15(23-14)16(22)20-8-4-7-13(20)11-5-2-3-6-12(11)17/h2-3,5-6,9,13H,4,7-8H2,1H3. The number of imidazole rings is 1. The first-order valence-electron chi connectivity index (χ1n) is 7.51. The second-order valence-corrected chi connectivity index (χ2v) is 7.06. The van der Waals surface area contributed by atoms with Gasteiger partial charge >= 0.3 is 0 Å². The lowest BCUT2D eigenvalue weighted by Crippen LogP contribution is -2.30. The average molecular weight is 347 g/mol. The topological polar surface area (TPSA) is 50.5 Å². The van der Waals surface area contributed by atoms with Gasteiger partial charge in [-0.2, -0.15) is 0 Å². The average Bonchev–Trinajstić information content (AvgIpc) is 3.25. The van der Waals surface area contributed by atoms with Gasteiger partial charge in [-0.25, -0.2) is 9.50 Å². The lowest BCUT2D eigenvalue weighted by atomic mass is 10.0. The number of hydrogen-bond donors (Lipinski definition) is 0. The van der Waals surface area contributed by atoms with E-state index in [-0.39, 0.29) is 11.9 Å². The van der Waals surface area contributed by atoms with Crippen LogP contribution in [0, 0.1) is 6.92 Å². The molecule has 1 aromatic carbocycles. The number of halogens is 1. The van der Waals surface area contributed by atoms with Crippen LogP contribution < -0.4 is 0 Å². The van der Waals surface area contributed by atoms with Crippen molar-refractivity contribution in [1.29, 1.82) is 0 Å². The second kappa shape index (κ2) is 5.62. The number of fused-ring (bicyclic) bond motifs is 1. The van der Waals surface area contributed by atoms with Gasteiger partial charge in [0.25, 0.3) is 5.91 Å². The van der Waals surface area contributed by atoms with E-state index in [0.717, 1.165) is 35.6 Å². The Morgan fingerprint density at radius 2 is 2.22 bits per heavy atom. The van der Waals surface area contributed by atoms with E-state index in [1.54, 1.807) is 10.7 Å². The number of rotatable bonds is 2. The van der Waals surface area contributed by atoms with E-state index in [9.17, 15) is 4.79 Å². The van der Waals surface area contributed by atoms with Gasteiger partial charge in [0.1, 0.15) is 10.7 Å². The summed E-state index contributed by atoms with van der Waals surface area (Å²) in [5.41, 5.74) is 1.01. The van der Waals surface area contributed by atoms with Gasteiger partial charge in [0.2, 0.25) is 5.01 Å². The minimum Gasteiger partial charge on any atom is -0.329 e. The predicted molar refractivity (Wildman–Crippen MR) is 90.1 cm³/mol. The zero-order valence-electron chi connectivity index (χ0n) is 12.6. The zero-order chi connectivity index (χ0) is 16.0. The number of benzene rings is 1. The lowest BCUT2D eigenvalue weighted by molar-refractivity contribution is 0.0734. The SMILES string of the molecule is Cc1ncc2sc(C(=O)N3CCCC3c3ccccc3Cl)nn12. The molecular formula is C16H15ClN4OS. The molecular weight excluding hydrogens is 332 g/mol. The molecule has 0 bridgehead atoms. The summed E-state index contributed by atoms with van der Waals surface area (Å²) in [4.78, 5) is 19.9. The zero-order valence-corrected chi connectivity index (χ0v) is 14.1. The van der Waals surface area contributed by atoms with E-state index < -0.39 is 0 Å². The Labute approximate surface area is 142 Å². The highest BCUT2D eigenvalue weighted by molar-refractivity contribution is 7.18. The van der Waals surface area contributed by atoms with E-state index in [1.807, 2.05) is 36.1 Å². The Bertz CT molecular complexity index is 887. The predicted octanol–water partition coefficient (Wildman–Crippen LogP) is 3.73. The molecule has 1 saturated heterocycles. The molecule has 0 spiro atoms. The number of amides is 1. The van der Waals surface area contributed by atoms with Crippen molar-refractivity contribution in [1.82, 2.24) is 19.5 Å². The van der Waals surface area contributed by atoms with Gasteiger partial charge in [-0.3, -0.25) is 4.79 Å². The largest absolute Gasteiger partial charge is 0.329 e. The Balaban J connectivity index is 1.68. The molecule has 5 nitrogen and oxygen atoms in total. The highest BCUT2D eigenvalue weighted by Crippen LogP contribution is 2.36. The normalized spacial score (nSPS) is 18.0. The van der Waals surface area contributed by atoms with Crippen LogP contribution in [0.25, 0.3) is 4.83 Å². The third-order valence-electron chi connectivity index (χ3n) is 4.23. The lowest BCUT2D eigenvalue weighted by Gasteiger charge is -2.24. The van der Waals surface area contributed by atoms with Crippen molar-refractivity contribution in [3.63, 3.8) is 0 Å². The van der Waals surface area contributed by atoms with E-state index in [1.165, 1.54) is 11.3 Å². The summed E-state index contributed by atoms with van der Waals surface area (Å²) < 4.78 is 1.72. The fourth-order valence-electron chi connectivity index (χ4n) is 3.11. The molecule has 1 aliphatic rings.